The molecule has 1 fully saturated rings. The number of morpholine rings is 1. The van der Waals surface area contributed by atoms with Gasteiger partial charge in [0.1, 0.15) is 5.82 Å². The van der Waals surface area contributed by atoms with Crippen molar-refractivity contribution in [3.05, 3.63) is 46.5 Å². The maximum atomic E-state index is 13.6. The van der Waals surface area contributed by atoms with E-state index >= 15 is 0 Å². The molecule has 28 heavy (non-hydrogen) atoms. The number of aryl methyl sites for hydroxylation is 1. The fourth-order valence-corrected chi connectivity index (χ4v) is 3.80. The molecule has 4 rings (SSSR count). The molecule has 0 aliphatic carbocycles. The Kier molecular flexibility index (Phi) is 5.19. The van der Waals surface area contributed by atoms with Gasteiger partial charge in [0.15, 0.2) is 0 Å². The summed E-state index contributed by atoms with van der Waals surface area (Å²) >= 11 is 0. The number of H-pyrrole nitrogens is 1. The van der Waals surface area contributed by atoms with Gasteiger partial charge in [-0.15, -0.1) is 0 Å². The number of carbonyl (C=O) groups is 1. The van der Waals surface area contributed by atoms with Gasteiger partial charge in [-0.1, -0.05) is 0 Å². The van der Waals surface area contributed by atoms with Crippen molar-refractivity contribution in [2.75, 3.05) is 50.0 Å². The van der Waals surface area contributed by atoms with Crippen LogP contribution in [0.15, 0.2) is 18.2 Å². The van der Waals surface area contributed by atoms with Gasteiger partial charge < -0.3 is 20.4 Å². The molecule has 0 spiro atoms. The molecule has 1 saturated heterocycles. The molecule has 148 valence electrons. The number of carbonyl (C=O) groups excluding carboxylic acids is 1. The van der Waals surface area contributed by atoms with Crippen LogP contribution >= 0.6 is 0 Å². The van der Waals surface area contributed by atoms with Gasteiger partial charge in [-0.25, -0.2) is 4.39 Å². The van der Waals surface area contributed by atoms with Crippen molar-refractivity contribution in [3.63, 3.8) is 0 Å². The third kappa shape index (κ3) is 3.68. The lowest BCUT2D eigenvalue weighted by Gasteiger charge is -2.26. The van der Waals surface area contributed by atoms with Crippen molar-refractivity contribution in [1.29, 1.82) is 0 Å². The molecule has 7 heteroatoms. The zero-order valence-corrected chi connectivity index (χ0v) is 16.2. The molecule has 0 bridgehead atoms. The molecule has 0 unspecified atom stereocenters. The Morgan fingerprint density at radius 2 is 2.07 bits per heavy atom. The first-order valence-corrected chi connectivity index (χ1v) is 9.59. The SMILES string of the molecule is Cc1[nH]c(C=C2C(=O)Nc3ccc(F)cc32)c(C)c1NCCN1CCOCC1. The number of benzene rings is 1. The summed E-state index contributed by atoms with van der Waals surface area (Å²) in [4.78, 5) is 18.1. The Labute approximate surface area is 163 Å². The lowest BCUT2D eigenvalue weighted by Crippen LogP contribution is -2.39. The average Bonchev–Trinajstić information content (AvgIpc) is 3.13. The molecule has 3 N–H and O–H groups in total. The highest BCUT2D eigenvalue weighted by Gasteiger charge is 2.25. The predicted molar refractivity (Wildman–Crippen MR) is 109 cm³/mol. The summed E-state index contributed by atoms with van der Waals surface area (Å²) in [7, 11) is 0. The number of rotatable bonds is 5. The van der Waals surface area contributed by atoms with E-state index in [-0.39, 0.29) is 11.7 Å². The third-order valence-corrected chi connectivity index (χ3v) is 5.36. The number of anilines is 2. The van der Waals surface area contributed by atoms with Crippen LogP contribution in [-0.2, 0) is 9.53 Å². The second-order valence-electron chi connectivity index (χ2n) is 7.25. The summed E-state index contributed by atoms with van der Waals surface area (Å²) in [6, 6.07) is 4.34. The molecule has 3 heterocycles. The molecular weight excluding hydrogens is 359 g/mol. The number of ether oxygens (including phenoxy) is 1. The topological polar surface area (TPSA) is 69.4 Å². The van der Waals surface area contributed by atoms with Crippen LogP contribution in [0.1, 0.15) is 22.5 Å². The number of aromatic amines is 1. The number of aromatic nitrogens is 1. The zero-order chi connectivity index (χ0) is 19.7. The minimum atomic E-state index is -0.356. The molecule has 1 amide bonds. The van der Waals surface area contributed by atoms with E-state index in [1.807, 2.05) is 13.8 Å². The van der Waals surface area contributed by atoms with Gasteiger partial charge in [-0.3, -0.25) is 9.69 Å². The number of hydrogen-bond acceptors (Lipinski definition) is 4. The van der Waals surface area contributed by atoms with E-state index in [0.29, 0.717) is 16.8 Å². The first kappa shape index (κ1) is 18.7. The molecule has 0 radical (unpaired) electrons. The molecule has 6 nitrogen and oxygen atoms in total. The first-order valence-electron chi connectivity index (χ1n) is 9.59. The summed E-state index contributed by atoms with van der Waals surface area (Å²) < 4.78 is 19.0. The summed E-state index contributed by atoms with van der Waals surface area (Å²) in [5.41, 5.74) is 5.68. The molecule has 0 saturated carbocycles. The number of fused-ring (bicyclic) bond motifs is 1. The normalized spacial score (nSPS) is 18.4. The monoisotopic (exact) mass is 384 g/mol. The van der Waals surface area contributed by atoms with E-state index in [2.05, 4.69) is 20.5 Å². The maximum Gasteiger partial charge on any atom is 0.256 e. The second kappa shape index (κ2) is 7.77. The Balaban J connectivity index is 1.52. The highest BCUT2D eigenvalue weighted by atomic mass is 19.1. The van der Waals surface area contributed by atoms with Crippen molar-refractivity contribution < 1.29 is 13.9 Å². The lowest BCUT2D eigenvalue weighted by molar-refractivity contribution is -0.110. The number of halogens is 1. The van der Waals surface area contributed by atoms with Crippen molar-refractivity contribution in [1.82, 2.24) is 9.88 Å². The fourth-order valence-electron chi connectivity index (χ4n) is 3.80. The van der Waals surface area contributed by atoms with Crippen molar-refractivity contribution in [3.8, 4) is 0 Å². The Hall–Kier alpha value is -2.64. The standard InChI is InChI=1S/C21H25FN4O2/c1-13-19(12-17-16-11-15(22)3-4-18(16)25-21(17)27)24-14(2)20(13)23-5-6-26-7-9-28-10-8-26/h3-4,11-12,23-24H,5-10H2,1-2H3,(H,25,27). The highest BCUT2D eigenvalue weighted by Crippen LogP contribution is 2.35. The molecule has 2 aliphatic rings. The Morgan fingerprint density at radius 1 is 1.29 bits per heavy atom. The van der Waals surface area contributed by atoms with Crippen LogP contribution in [0.3, 0.4) is 0 Å². The van der Waals surface area contributed by atoms with Crippen molar-refractivity contribution in [2.45, 2.75) is 13.8 Å². The minimum absolute atomic E-state index is 0.214. The van der Waals surface area contributed by atoms with Crippen LogP contribution in [0.2, 0.25) is 0 Å². The predicted octanol–water partition coefficient (Wildman–Crippen LogP) is 3.01. The van der Waals surface area contributed by atoms with E-state index in [1.165, 1.54) is 12.1 Å². The smallest absolute Gasteiger partial charge is 0.256 e. The van der Waals surface area contributed by atoms with Gasteiger partial charge >= 0.3 is 0 Å². The number of nitrogens with zero attached hydrogens (tertiary/aromatic N) is 1. The Bertz CT molecular complexity index is 929. The summed E-state index contributed by atoms with van der Waals surface area (Å²) in [5.74, 6) is -0.569. The van der Waals surface area contributed by atoms with Gasteiger partial charge in [0.2, 0.25) is 0 Å². The molecule has 0 atom stereocenters. The summed E-state index contributed by atoms with van der Waals surface area (Å²) in [5, 5.41) is 6.30. The Morgan fingerprint density at radius 3 is 2.86 bits per heavy atom. The summed E-state index contributed by atoms with van der Waals surface area (Å²) in [6.07, 6.45) is 1.80. The zero-order valence-electron chi connectivity index (χ0n) is 16.2. The fraction of sp³-hybridized carbons (Fsp3) is 0.381. The number of hydrogen-bond donors (Lipinski definition) is 3. The van der Waals surface area contributed by atoms with Crippen LogP contribution in [0.4, 0.5) is 15.8 Å². The van der Waals surface area contributed by atoms with Gasteiger partial charge in [-0.05, 0) is 43.7 Å². The van der Waals surface area contributed by atoms with Crippen molar-refractivity contribution >= 4 is 28.9 Å². The van der Waals surface area contributed by atoms with Crippen molar-refractivity contribution in [2.24, 2.45) is 0 Å². The quantitative estimate of drug-likeness (QED) is 0.693. The number of amides is 1. The van der Waals surface area contributed by atoms with E-state index in [4.69, 9.17) is 4.74 Å². The first-order chi connectivity index (χ1) is 13.5. The van der Waals surface area contributed by atoms with E-state index in [9.17, 15) is 9.18 Å². The summed E-state index contributed by atoms with van der Waals surface area (Å²) in [6.45, 7) is 9.35. The van der Waals surface area contributed by atoms with Crippen LogP contribution in [0.25, 0.3) is 11.6 Å². The lowest BCUT2D eigenvalue weighted by atomic mass is 10.0. The molecule has 1 aromatic heterocycles. The highest BCUT2D eigenvalue weighted by molar-refractivity contribution is 6.34. The van der Waals surface area contributed by atoms with E-state index in [0.717, 1.165) is 62.0 Å². The number of nitrogens with one attached hydrogen (secondary N) is 3. The molecular formula is C21H25FN4O2. The van der Waals surface area contributed by atoms with Crippen LogP contribution in [0.5, 0.6) is 0 Å². The van der Waals surface area contributed by atoms with Crippen LogP contribution in [0, 0.1) is 19.7 Å². The third-order valence-electron chi connectivity index (χ3n) is 5.36. The van der Waals surface area contributed by atoms with Gasteiger partial charge in [0.05, 0.1) is 24.5 Å². The molecule has 2 aromatic rings. The maximum absolute atomic E-state index is 13.6. The molecule has 2 aliphatic heterocycles. The van der Waals surface area contributed by atoms with Gasteiger partial charge in [0.25, 0.3) is 5.91 Å². The van der Waals surface area contributed by atoms with E-state index < -0.39 is 0 Å². The average molecular weight is 384 g/mol. The molecule has 1 aromatic carbocycles. The van der Waals surface area contributed by atoms with Crippen LogP contribution in [-0.4, -0.2) is 55.2 Å². The van der Waals surface area contributed by atoms with Crippen LogP contribution < -0.4 is 10.6 Å². The van der Waals surface area contributed by atoms with Gasteiger partial charge in [0, 0.05) is 48.8 Å². The minimum Gasteiger partial charge on any atom is -0.382 e. The van der Waals surface area contributed by atoms with E-state index in [1.54, 1.807) is 12.1 Å². The van der Waals surface area contributed by atoms with Gasteiger partial charge in [-0.2, -0.15) is 0 Å². The second-order valence-corrected chi connectivity index (χ2v) is 7.25. The largest absolute Gasteiger partial charge is 0.382 e.